The Morgan fingerprint density at radius 3 is 2.19 bits per heavy atom. The number of primary sulfonamides is 1. The minimum atomic E-state index is -3.90. The molecule has 1 heterocycles. The fourth-order valence-corrected chi connectivity index (χ4v) is 2.97. The van der Waals surface area contributed by atoms with Crippen LogP contribution in [-0.4, -0.2) is 23.2 Å². The van der Waals surface area contributed by atoms with Crippen molar-refractivity contribution in [2.24, 2.45) is 11.1 Å². The lowest BCUT2D eigenvalue weighted by Crippen LogP contribution is -2.20. The Bertz CT molecular complexity index is 743. The summed E-state index contributed by atoms with van der Waals surface area (Å²) in [6.45, 7) is 8.46. The van der Waals surface area contributed by atoms with Crippen LogP contribution < -0.4 is 5.14 Å². The molecule has 2 rings (SSSR count). The molecule has 0 bridgehead atoms. The summed E-state index contributed by atoms with van der Waals surface area (Å²) in [4.78, 5) is 0. The van der Waals surface area contributed by atoms with Gasteiger partial charge in [0, 0.05) is 12.1 Å². The number of aryl methyl sites for hydroxylation is 2. The fraction of sp³-hybridized carbons (Fsp3) is 0.429. The van der Waals surface area contributed by atoms with Crippen molar-refractivity contribution in [1.82, 2.24) is 14.8 Å². The van der Waals surface area contributed by atoms with Crippen molar-refractivity contribution in [1.29, 1.82) is 0 Å². The van der Waals surface area contributed by atoms with Crippen LogP contribution in [0.25, 0.3) is 11.4 Å². The van der Waals surface area contributed by atoms with Crippen LogP contribution in [0, 0.1) is 19.8 Å². The molecule has 1 aromatic carbocycles. The standard InChI is InChI=1S/C14H20N4O2S/c1-9(2)8-18-13(16-17-14(18)21(15,19)20)12-6-10(3)5-11(4)7-12/h5-7,9H,8H2,1-4H3,(H2,15,19,20). The second kappa shape index (κ2) is 5.57. The molecule has 0 fully saturated rings. The van der Waals surface area contributed by atoms with Gasteiger partial charge < -0.3 is 0 Å². The van der Waals surface area contributed by atoms with Crippen molar-refractivity contribution in [2.45, 2.75) is 39.4 Å². The van der Waals surface area contributed by atoms with Gasteiger partial charge in [0.2, 0.25) is 0 Å². The third kappa shape index (κ3) is 3.48. The van der Waals surface area contributed by atoms with E-state index in [4.69, 9.17) is 5.14 Å². The molecular formula is C14H20N4O2S. The van der Waals surface area contributed by atoms with Crippen molar-refractivity contribution < 1.29 is 8.42 Å². The maximum absolute atomic E-state index is 11.7. The van der Waals surface area contributed by atoms with E-state index < -0.39 is 10.0 Å². The maximum Gasteiger partial charge on any atom is 0.273 e. The third-order valence-corrected chi connectivity index (χ3v) is 3.81. The highest BCUT2D eigenvalue weighted by Gasteiger charge is 2.22. The summed E-state index contributed by atoms with van der Waals surface area (Å²) < 4.78 is 24.9. The van der Waals surface area contributed by atoms with Gasteiger partial charge in [-0.05, 0) is 31.9 Å². The van der Waals surface area contributed by atoms with Crippen LogP contribution in [0.15, 0.2) is 23.4 Å². The predicted octanol–water partition coefficient (Wildman–Crippen LogP) is 1.87. The van der Waals surface area contributed by atoms with Crippen molar-refractivity contribution in [3.05, 3.63) is 29.3 Å². The highest BCUT2D eigenvalue weighted by Crippen LogP contribution is 2.23. The van der Waals surface area contributed by atoms with E-state index in [1.54, 1.807) is 4.57 Å². The second-order valence-corrected chi connectivity index (χ2v) is 7.19. The van der Waals surface area contributed by atoms with Gasteiger partial charge in [0.05, 0.1) is 0 Å². The topological polar surface area (TPSA) is 90.9 Å². The van der Waals surface area contributed by atoms with Crippen LogP contribution in [0.2, 0.25) is 0 Å². The summed E-state index contributed by atoms with van der Waals surface area (Å²) in [5.74, 6) is 0.769. The number of hydrogen-bond acceptors (Lipinski definition) is 4. The fourth-order valence-electron chi connectivity index (χ4n) is 2.35. The van der Waals surface area contributed by atoms with E-state index in [0.29, 0.717) is 12.4 Å². The van der Waals surface area contributed by atoms with Crippen molar-refractivity contribution in [3.63, 3.8) is 0 Å². The molecule has 0 saturated heterocycles. The Kier molecular flexibility index (Phi) is 4.15. The lowest BCUT2D eigenvalue weighted by Gasteiger charge is -2.12. The van der Waals surface area contributed by atoms with Crippen LogP contribution in [0.5, 0.6) is 0 Å². The number of hydrogen-bond donors (Lipinski definition) is 1. The highest BCUT2D eigenvalue weighted by molar-refractivity contribution is 7.89. The largest absolute Gasteiger partial charge is 0.296 e. The molecule has 2 aromatic rings. The molecule has 0 aliphatic heterocycles. The molecule has 6 nitrogen and oxygen atoms in total. The van der Waals surface area contributed by atoms with E-state index in [1.165, 1.54) is 0 Å². The molecule has 21 heavy (non-hydrogen) atoms. The summed E-state index contributed by atoms with van der Waals surface area (Å²) in [5, 5.41) is 12.9. The molecule has 1 aromatic heterocycles. The van der Waals surface area contributed by atoms with Crippen LogP contribution in [-0.2, 0) is 16.6 Å². The molecule has 0 aliphatic carbocycles. The normalized spacial score (nSPS) is 12.1. The molecule has 0 aliphatic rings. The van der Waals surface area contributed by atoms with Gasteiger partial charge in [0.1, 0.15) is 0 Å². The minimum absolute atomic E-state index is 0.189. The van der Waals surface area contributed by atoms with E-state index in [0.717, 1.165) is 16.7 Å². The average Bonchev–Trinajstić information content (AvgIpc) is 2.69. The lowest BCUT2D eigenvalue weighted by atomic mass is 10.1. The summed E-state index contributed by atoms with van der Waals surface area (Å²) >= 11 is 0. The van der Waals surface area contributed by atoms with Gasteiger partial charge in [-0.15, -0.1) is 10.2 Å². The summed E-state index contributed by atoms with van der Waals surface area (Å²) in [6, 6.07) is 5.97. The van der Waals surface area contributed by atoms with E-state index in [2.05, 4.69) is 10.2 Å². The van der Waals surface area contributed by atoms with E-state index >= 15 is 0 Å². The molecule has 7 heteroatoms. The monoisotopic (exact) mass is 308 g/mol. The van der Waals surface area contributed by atoms with E-state index in [-0.39, 0.29) is 11.1 Å². The summed E-state index contributed by atoms with van der Waals surface area (Å²) in [6.07, 6.45) is 0. The van der Waals surface area contributed by atoms with Gasteiger partial charge in [-0.1, -0.05) is 31.0 Å². The summed E-state index contributed by atoms with van der Waals surface area (Å²) in [7, 11) is -3.90. The molecule has 2 N–H and O–H groups in total. The predicted molar refractivity (Wildman–Crippen MR) is 81.1 cm³/mol. The Morgan fingerprint density at radius 1 is 1.14 bits per heavy atom. The molecule has 0 unspecified atom stereocenters. The number of nitrogens with zero attached hydrogens (tertiary/aromatic N) is 3. The molecule has 0 spiro atoms. The Morgan fingerprint density at radius 2 is 1.71 bits per heavy atom. The van der Waals surface area contributed by atoms with Gasteiger partial charge in [-0.2, -0.15) is 0 Å². The first-order valence-corrected chi connectivity index (χ1v) is 8.28. The van der Waals surface area contributed by atoms with Gasteiger partial charge >= 0.3 is 0 Å². The van der Waals surface area contributed by atoms with Crippen LogP contribution in [0.4, 0.5) is 0 Å². The molecule has 114 valence electrons. The molecule has 0 atom stereocenters. The highest BCUT2D eigenvalue weighted by atomic mass is 32.2. The molecule has 0 radical (unpaired) electrons. The first-order chi connectivity index (χ1) is 9.68. The quantitative estimate of drug-likeness (QED) is 0.933. The zero-order valence-electron chi connectivity index (χ0n) is 12.7. The Balaban J connectivity index is 2.66. The third-order valence-electron chi connectivity index (χ3n) is 3.00. The zero-order chi connectivity index (χ0) is 15.8. The number of sulfonamides is 1. The van der Waals surface area contributed by atoms with Gasteiger partial charge in [-0.3, -0.25) is 4.57 Å². The van der Waals surface area contributed by atoms with Crippen molar-refractivity contribution >= 4 is 10.0 Å². The number of nitrogens with two attached hydrogens (primary N) is 1. The maximum atomic E-state index is 11.7. The molecule has 0 saturated carbocycles. The van der Waals surface area contributed by atoms with E-state index in [1.807, 2.05) is 45.9 Å². The molecular weight excluding hydrogens is 288 g/mol. The number of rotatable bonds is 4. The van der Waals surface area contributed by atoms with Crippen LogP contribution in [0.3, 0.4) is 0 Å². The smallest absolute Gasteiger partial charge is 0.273 e. The van der Waals surface area contributed by atoms with Gasteiger partial charge in [0.25, 0.3) is 15.2 Å². The van der Waals surface area contributed by atoms with Gasteiger partial charge in [-0.25, -0.2) is 13.6 Å². The first-order valence-electron chi connectivity index (χ1n) is 6.73. The number of aromatic nitrogens is 3. The zero-order valence-corrected chi connectivity index (χ0v) is 13.5. The SMILES string of the molecule is Cc1cc(C)cc(-c2nnc(S(N)(=O)=O)n2CC(C)C)c1. The Labute approximate surface area is 125 Å². The number of benzene rings is 1. The van der Waals surface area contributed by atoms with Crippen LogP contribution in [0.1, 0.15) is 25.0 Å². The van der Waals surface area contributed by atoms with Gasteiger partial charge in [0.15, 0.2) is 5.82 Å². The first kappa shape index (κ1) is 15.7. The lowest BCUT2D eigenvalue weighted by molar-refractivity contribution is 0.486. The van der Waals surface area contributed by atoms with Crippen LogP contribution >= 0.6 is 0 Å². The Hall–Kier alpha value is -1.73. The van der Waals surface area contributed by atoms with Crippen molar-refractivity contribution in [3.8, 4) is 11.4 Å². The molecule has 0 amide bonds. The second-order valence-electron chi connectivity index (χ2n) is 5.73. The summed E-state index contributed by atoms with van der Waals surface area (Å²) in [5.41, 5.74) is 3.01. The average molecular weight is 308 g/mol. The van der Waals surface area contributed by atoms with E-state index in [9.17, 15) is 8.42 Å². The minimum Gasteiger partial charge on any atom is -0.296 e. The van der Waals surface area contributed by atoms with Crippen molar-refractivity contribution in [2.75, 3.05) is 0 Å².